The molecule has 1 aromatic rings. The summed E-state index contributed by atoms with van der Waals surface area (Å²) in [4.78, 5) is 0. The molecule has 0 heterocycles. The van der Waals surface area contributed by atoms with Crippen LogP contribution in [0.15, 0.2) is 24.3 Å². The summed E-state index contributed by atoms with van der Waals surface area (Å²) in [5.41, 5.74) is 2.66. The summed E-state index contributed by atoms with van der Waals surface area (Å²) in [5.74, 6) is 0. The second-order valence-electron chi connectivity index (χ2n) is 2.15. The molecule has 0 aliphatic carbocycles. The van der Waals surface area contributed by atoms with E-state index in [-0.39, 0.29) is 7.43 Å². The number of rotatable bonds is 0. The summed E-state index contributed by atoms with van der Waals surface area (Å²) in [7, 11) is 4.50. The van der Waals surface area contributed by atoms with E-state index < -0.39 is 0 Å². The lowest BCUT2D eigenvalue weighted by Gasteiger charge is -1.90. The highest BCUT2D eigenvalue weighted by molar-refractivity contribution is 6.05. The van der Waals surface area contributed by atoms with Crippen LogP contribution in [-0.2, 0) is 0 Å². The Morgan fingerprint density at radius 3 is 1.18 bits per heavy atom. The average molecular weight is 148 g/mol. The molecule has 1 heteroatoms. The number of hydrogen-bond acceptors (Lipinski definition) is 0. The molecule has 0 aliphatic rings. The van der Waals surface area contributed by atoms with Crippen molar-refractivity contribution in [3.05, 3.63) is 35.4 Å². The van der Waals surface area contributed by atoms with Crippen LogP contribution in [0.5, 0.6) is 0 Å². The van der Waals surface area contributed by atoms with Crippen LogP contribution >= 0.6 is 0 Å². The van der Waals surface area contributed by atoms with E-state index in [1.54, 1.807) is 0 Å². The van der Waals surface area contributed by atoms with Gasteiger partial charge in [-0.05, 0) is 13.8 Å². The van der Waals surface area contributed by atoms with E-state index in [4.69, 9.17) is 0 Å². The van der Waals surface area contributed by atoms with E-state index in [9.17, 15) is 0 Å². The summed E-state index contributed by atoms with van der Waals surface area (Å²) >= 11 is 0. The van der Waals surface area contributed by atoms with E-state index in [2.05, 4.69) is 46.0 Å². The van der Waals surface area contributed by atoms with Crippen molar-refractivity contribution in [2.45, 2.75) is 28.1 Å². The highest BCUT2D eigenvalue weighted by atomic mass is 13.9. The lowest BCUT2D eigenvalue weighted by molar-refractivity contribution is 1.40. The standard InChI is InChI=1S/C8H10.CH3B.CH4/c1-7-3-5-8(2)6-4-7;1-2;/h3-6H,1-2H3;1H3;1H4. The summed E-state index contributed by atoms with van der Waals surface area (Å²) in [6.07, 6.45) is 0. The van der Waals surface area contributed by atoms with Crippen molar-refractivity contribution in [1.82, 2.24) is 0 Å². The summed E-state index contributed by atoms with van der Waals surface area (Å²) < 4.78 is 0. The predicted octanol–water partition coefficient (Wildman–Crippen LogP) is 3.14. The third kappa shape index (κ3) is 5.72. The molecular weight excluding hydrogens is 131 g/mol. The Labute approximate surface area is 72.1 Å². The maximum Gasteiger partial charge on any atom is 0.0606 e. The third-order valence-electron chi connectivity index (χ3n) is 1.22. The summed E-state index contributed by atoms with van der Waals surface area (Å²) in [5, 5.41) is 0. The van der Waals surface area contributed by atoms with Crippen LogP contribution in [0.4, 0.5) is 0 Å². The Balaban J connectivity index is 0. The Morgan fingerprint density at radius 1 is 0.818 bits per heavy atom. The third-order valence-corrected chi connectivity index (χ3v) is 1.22. The molecule has 1 aromatic carbocycles. The van der Waals surface area contributed by atoms with Crippen molar-refractivity contribution in [2.24, 2.45) is 0 Å². The van der Waals surface area contributed by atoms with Gasteiger partial charge in [-0.2, -0.15) is 0 Å². The molecular formula is C10H17B. The molecule has 2 radical (unpaired) electrons. The molecule has 0 unspecified atom stereocenters. The molecule has 60 valence electrons. The number of aryl methyl sites for hydroxylation is 2. The Bertz CT molecular complexity index is 144. The van der Waals surface area contributed by atoms with Gasteiger partial charge in [-0.25, -0.2) is 0 Å². The highest BCUT2D eigenvalue weighted by Gasteiger charge is 1.79. The van der Waals surface area contributed by atoms with Crippen LogP contribution in [0.1, 0.15) is 18.6 Å². The quantitative estimate of drug-likeness (QED) is 0.495. The largest absolute Gasteiger partial charge is 0.0999 e. The molecule has 0 aliphatic heterocycles. The van der Waals surface area contributed by atoms with E-state index in [0.717, 1.165) is 0 Å². The Kier molecular flexibility index (Phi) is 8.68. The average Bonchev–Trinajstić information content (AvgIpc) is 2.00. The van der Waals surface area contributed by atoms with Gasteiger partial charge in [-0.1, -0.05) is 49.6 Å². The van der Waals surface area contributed by atoms with Crippen LogP contribution < -0.4 is 0 Å². The summed E-state index contributed by atoms with van der Waals surface area (Å²) in [6, 6.07) is 8.48. The molecule has 0 saturated heterocycles. The van der Waals surface area contributed by atoms with Gasteiger partial charge in [0, 0.05) is 0 Å². The van der Waals surface area contributed by atoms with Crippen molar-refractivity contribution in [2.75, 3.05) is 0 Å². The minimum Gasteiger partial charge on any atom is -0.0999 e. The molecule has 0 saturated carbocycles. The highest BCUT2D eigenvalue weighted by Crippen LogP contribution is 1.99. The monoisotopic (exact) mass is 148 g/mol. The molecule has 1 rings (SSSR count). The van der Waals surface area contributed by atoms with Gasteiger partial charge < -0.3 is 0 Å². The lowest BCUT2D eigenvalue weighted by atomic mass is 10.2. The Morgan fingerprint density at radius 2 is 1.00 bits per heavy atom. The minimum atomic E-state index is 0. The van der Waals surface area contributed by atoms with Gasteiger partial charge in [0.05, 0.1) is 7.85 Å². The van der Waals surface area contributed by atoms with Crippen molar-refractivity contribution in [3.8, 4) is 0 Å². The molecule has 0 aromatic heterocycles. The smallest absolute Gasteiger partial charge is 0.0606 e. The fourth-order valence-corrected chi connectivity index (χ4v) is 0.637. The second kappa shape index (κ2) is 7.39. The first kappa shape index (κ1) is 12.9. The van der Waals surface area contributed by atoms with E-state index >= 15 is 0 Å². The van der Waals surface area contributed by atoms with Crippen molar-refractivity contribution in [3.63, 3.8) is 0 Å². The van der Waals surface area contributed by atoms with Crippen LogP contribution in [0.2, 0.25) is 6.82 Å². The van der Waals surface area contributed by atoms with E-state index in [1.807, 2.05) is 0 Å². The van der Waals surface area contributed by atoms with Crippen LogP contribution in [-0.4, -0.2) is 7.85 Å². The SMILES string of the molecule is C.Cc1ccc(C)cc1.[B]C. The van der Waals surface area contributed by atoms with Gasteiger partial charge in [-0.15, -0.1) is 0 Å². The molecule has 0 fully saturated rings. The van der Waals surface area contributed by atoms with Gasteiger partial charge in [0.2, 0.25) is 0 Å². The van der Waals surface area contributed by atoms with E-state index in [1.165, 1.54) is 17.9 Å². The first-order chi connectivity index (χ1) is 4.79. The van der Waals surface area contributed by atoms with Gasteiger partial charge in [0.1, 0.15) is 0 Å². The molecule has 0 N–H and O–H groups in total. The molecule has 0 bridgehead atoms. The van der Waals surface area contributed by atoms with Gasteiger partial charge in [-0.3, -0.25) is 0 Å². The first-order valence-corrected chi connectivity index (χ1v) is 3.40. The first-order valence-electron chi connectivity index (χ1n) is 3.40. The molecule has 0 nitrogen and oxygen atoms in total. The van der Waals surface area contributed by atoms with Crippen molar-refractivity contribution >= 4 is 7.85 Å². The maximum atomic E-state index is 4.50. The summed E-state index contributed by atoms with van der Waals surface area (Å²) in [6.45, 7) is 5.69. The van der Waals surface area contributed by atoms with Gasteiger partial charge >= 0.3 is 0 Å². The fourth-order valence-electron chi connectivity index (χ4n) is 0.637. The minimum absolute atomic E-state index is 0. The zero-order chi connectivity index (χ0) is 7.98. The molecule has 0 spiro atoms. The van der Waals surface area contributed by atoms with Gasteiger partial charge in [0.25, 0.3) is 0 Å². The lowest BCUT2D eigenvalue weighted by Crippen LogP contribution is -1.70. The maximum absolute atomic E-state index is 4.50. The van der Waals surface area contributed by atoms with Gasteiger partial charge in [0.15, 0.2) is 0 Å². The number of benzene rings is 1. The van der Waals surface area contributed by atoms with Crippen LogP contribution in [0.25, 0.3) is 0 Å². The fraction of sp³-hybridized carbons (Fsp3) is 0.400. The predicted molar refractivity (Wildman–Crippen MR) is 54.3 cm³/mol. The van der Waals surface area contributed by atoms with Crippen molar-refractivity contribution < 1.29 is 0 Å². The van der Waals surface area contributed by atoms with Crippen LogP contribution in [0.3, 0.4) is 0 Å². The van der Waals surface area contributed by atoms with Crippen molar-refractivity contribution in [1.29, 1.82) is 0 Å². The second-order valence-corrected chi connectivity index (χ2v) is 2.15. The normalized spacial score (nSPS) is 7.18. The molecule has 0 amide bonds. The number of hydrogen-bond donors (Lipinski definition) is 0. The van der Waals surface area contributed by atoms with E-state index in [0.29, 0.717) is 0 Å². The van der Waals surface area contributed by atoms with Crippen LogP contribution in [0, 0.1) is 13.8 Å². The Hall–Kier alpha value is -0.715. The zero-order valence-electron chi connectivity index (χ0n) is 6.89. The zero-order valence-corrected chi connectivity index (χ0v) is 6.89. The molecule has 11 heavy (non-hydrogen) atoms. The molecule has 0 atom stereocenters. The topological polar surface area (TPSA) is 0 Å².